The van der Waals surface area contributed by atoms with Gasteiger partial charge in [0.2, 0.25) is 0 Å². The number of rotatable bonds is 8. The number of benzene rings is 2. The van der Waals surface area contributed by atoms with Crippen molar-refractivity contribution in [3.8, 4) is 11.5 Å². The lowest BCUT2D eigenvalue weighted by Gasteiger charge is -2.15. The second-order valence-electron chi connectivity index (χ2n) is 5.75. The molecule has 5 nitrogen and oxygen atoms in total. The zero-order valence-corrected chi connectivity index (χ0v) is 14.5. The molecule has 1 atom stereocenters. The van der Waals surface area contributed by atoms with Crippen LogP contribution in [0.15, 0.2) is 48.5 Å². The molecule has 0 saturated carbocycles. The first-order valence-corrected chi connectivity index (χ1v) is 7.95. The zero-order valence-electron chi connectivity index (χ0n) is 14.5. The fourth-order valence-electron chi connectivity index (χ4n) is 2.57. The van der Waals surface area contributed by atoms with Crippen LogP contribution in [0.1, 0.15) is 11.1 Å². The summed E-state index contributed by atoms with van der Waals surface area (Å²) < 4.78 is 10.5. The topological polar surface area (TPSA) is 52.0 Å². The van der Waals surface area contributed by atoms with Gasteiger partial charge in [-0.3, -0.25) is 4.79 Å². The fraction of sp³-hybridized carbons (Fsp3) is 0.316. The Morgan fingerprint density at radius 2 is 1.88 bits per heavy atom. The molecule has 24 heavy (non-hydrogen) atoms. The van der Waals surface area contributed by atoms with Gasteiger partial charge in [-0.05, 0) is 18.2 Å². The van der Waals surface area contributed by atoms with Crippen LogP contribution in [-0.2, 0) is 17.9 Å². The average Bonchev–Trinajstić information content (AvgIpc) is 2.60. The van der Waals surface area contributed by atoms with Gasteiger partial charge >= 0.3 is 0 Å². The third-order valence-electron chi connectivity index (χ3n) is 3.77. The van der Waals surface area contributed by atoms with Crippen molar-refractivity contribution in [1.82, 2.24) is 5.32 Å². The number of nitrogens with one attached hydrogen (secondary N) is 2. The third kappa shape index (κ3) is 5.28. The molecule has 0 spiro atoms. The van der Waals surface area contributed by atoms with Gasteiger partial charge in [0, 0.05) is 17.7 Å². The second-order valence-corrected chi connectivity index (χ2v) is 5.75. The highest BCUT2D eigenvalue weighted by atomic mass is 16.5. The number of hydrogen-bond acceptors (Lipinski definition) is 3. The predicted molar refractivity (Wildman–Crippen MR) is 93.3 cm³/mol. The van der Waals surface area contributed by atoms with E-state index in [1.165, 1.54) is 0 Å². The lowest BCUT2D eigenvalue weighted by molar-refractivity contribution is -0.885. The summed E-state index contributed by atoms with van der Waals surface area (Å²) in [5.74, 6) is 1.64. The first-order chi connectivity index (χ1) is 11.6. The predicted octanol–water partition coefficient (Wildman–Crippen LogP) is 1.03. The average molecular weight is 329 g/mol. The Morgan fingerprint density at radius 3 is 2.62 bits per heavy atom. The van der Waals surface area contributed by atoms with Crippen molar-refractivity contribution in [3.63, 3.8) is 0 Å². The number of para-hydroxylation sites is 1. The lowest BCUT2D eigenvalue weighted by atomic mass is 10.2. The number of carbonyl (C=O) groups is 1. The maximum Gasteiger partial charge on any atom is 0.275 e. The summed E-state index contributed by atoms with van der Waals surface area (Å²) in [7, 11) is 5.29. The summed E-state index contributed by atoms with van der Waals surface area (Å²) in [6, 6.07) is 15.6. The van der Waals surface area contributed by atoms with Gasteiger partial charge in [0.1, 0.15) is 18.0 Å². The largest absolute Gasteiger partial charge is 0.497 e. The number of ether oxygens (including phenoxy) is 2. The maximum absolute atomic E-state index is 12.1. The number of hydrogen-bond donors (Lipinski definition) is 2. The van der Waals surface area contributed by atoms with E-state index in [0.717, 1.165) is 34.1 Å². The van der Waals surface area contributed by atoms with Crippen LogP contribution in [0.3, 0.4) is 0 Å². The Kier molecular flexibility index (Phi) is 6.63. The molecule has 1 unspecified atom stereocenters. The van der Waals surface area contributed by atoms with E-state index < -0.39 is 0 Å². The van der Waals surface area contributed by atoms with Crippen LogP contribution in [-0.4, -0.2) is 33.7 Å². The number of carbonyl (C=O) groups excluding carboxylic acids is 1. The molecular weight excluding hydrogens is 304 g/mol. The van der Waals surface area contributed by atoms with Gasteiger partial charge < -0.3 is 19.7 Å². The Hall–Kier alpha value is -2.53. The Balaban J connectivity index is 1.83. The molecule has 5 heteroatoms. The maximum atomic E-state index is 12.1. The van der Waals surface area contributed by atoms with Crippen molar-refractivity contribution in [2.24, 2.45) is 0 Å². The van der Waals surface area contributed by atoms with E-state index in [4.69, 9.17) is 9.47 Å². The molecule has 2 aromatic carbocycles. The van der Waals surface area contributed by atoms with Gasteiger partial charge in [-0.15, -0.1) is 0 Å². The summed E-state index contributed by atoms with van der Waals surface area (Å²) in [5.41, 5.74) is 2.11. The van der Waals surface area contributed by atoms with E-state index >= 15 is 0 Å². The van der Waals surface area contributed by atoms with E-state index in [9.17, 15) is 4.79 Å². The minimum Gasteiger partial charge on any atom is -0.497 e. The van der Waals surface area contributed by atoms with Crippen LogP contribution in [0, 0.1) is 0 Å². The normalized spacial score (nSPS) is 11.6. The Bertz CT molecular complexity index is 673. The summed E-state index contributed by atoms with van der Waals surface area (Å²) >= 11 is 0. The van der Waals surface area contributed by atoms with Crippen molar-refractivity contribution < 1.29 is 19.2 Å². The molecular formula is C19H25N2O3+. The monoisotopic (exact) mass is 329 g/mol. The van der Waals surface area contributed by atoms with Crippen LogP contribution < -0.4 is 19.7 Å². The van der Waals surface area contributed by atoms with E-state index in [-0.39, 0.29) is 5.91 Å². The van der Waals surface area contributed by atoms with Gasteiger partial charge in [0.05, 0.1) is 21.3 Å². The molecule has 0 aliphatic carbocycles. The molecule has 128 valence electrons. The van der Waals surface area contributed by atoms with E-state index in [0.29, 0.717) is 13.1 Å². The summed E-state index contributed by atoms with van der Waals surface area (Å²) in [4.78, 5) is 13.3. The van der Waals surface area contributed by atoms with E-state index in [1.54, 1.807) is 14.2 Å². The molecule has 0 aliphatic heterocycles. The first kappa shape index (κ1) is 17.8. The molecule has 0 aromatic heterocycles. The first-order valence-electron chi connectivity index (χ1n) is 7.95. The standard InChI is InChI=1S/C19H24N2O3/c1-21(13-15-7-6-9-17(11-15)23-2)14-19(22)20-12-16-8-4-5-10-18(16)24-3/h4-11H,12-14H2,1-3H3,(H,20,22)/p+1. The van der Waals surface area contributed by atoms with Crippen molar-refractivity contribution in [3.05, 3.63) is 59.7 Å². The molecule has 0 radical (unpaired) electrons. The fourth-order valence-corrected chi connectivity index (χ4v) is 2.57. The Morgan fingerprint density at radius 1 is 1.08 bits per heavy atom. The summed E-state index contributed by atoms with van der Waals surface area (Å²) in [6.07, 6.45) is 0. The van der Waals surface area contributed by atoms with Crippen molar-refractivity contribution in [2.45, 2.75) is 13.1 Å². The molecule has 0 aliphatic rings. The molecule has 0 heterocycles. The van der Waals surface area contributed by atoms with Gasteiger partial charge in [-0.2, -0.15) is 0 Å². The van der Waals surface area contributed by atoms with Crippen LogP contribution in [0.4, 0.5) is 0 Å². The lowest BCUT2D eigenvalue weighted by Crippen LogP contribution is -3.08. The van der Waals surface area contributed by atoms with E-state index in [2.05, 4.69) is 5.32 Å². The molecule has 0 fully saturated rings. The third-order valence-corrected chi connectivity index (χ3v) is 3.77. The minimum absolute atomic E-state index is 0.0151. The Labute approximate surface area is 143 Å². The highest BCUT2D eigenvalue weighted by molar-refractivity contribution is 5.76. The summed E-state index contributed by atoms with van der Waals surface area (Å²) in [6.45, 7) is 1.64. The van der Waals surface area contributed by atoms with Crippen molar-refractivity contribution >= 4 is 5.91 Å². The molecule has 2 rings (SSSR count). The molecule has 2 aromatic rings. The number of amides is 1. The van der Waals surface area contributed by atoms with Crippen LogP contribution in [0.25, 0.3) is 0 Å². The molecule has 2 N–H and O–H groups in total. The van der Waals surface area contributed by atoms with Gasteiger partial charge in [-0.1, -0.05) is 30.3 Å². The van der Waals surface area contributed by atoms with E-state index in [1.807, 2.05) is 55.6 Å². The molecule has 1 amide bonds. The van der Waals surface area contributed by atoms with Crippen LogP contribution >= 0.6 is 0 Å². The van der Waals surface area contributed by atoms with Gasteiger partial charge in [0.25, 0.3) is 5.91 Å². The SMILES string of the molecule is COc1cccc(C[NH+](C)CC(=O)NCc2ccccc2OC)c1. The smallest absolute Gasteiger partial charge is 0.275 e. The van der Waals surface area contributed by atoms with Crippen LogP contribution in [0.2, 0.25) is 0 Å². The highest BCUT2D eigenvalue weighted by Gasteiger charge is 2.11. The quantitative estimate of drug-likeness (QED) is 0.761. The minimum atomic E-state index is 0.0151. The number of likely N-dealkylation sites (N-methyl/N-ethyl adjacent to an activating group) is 1. The van der Waals surface area contributed by atoms with Gasteiger partial charge in [0.15, 0.2) is 6.54 Å². The zero-order chi connectivity index (χ0) is 17.4. The molecule has 0 saturated heterocycles. The second kappa shape index (κ2) is 8.93. The highest BCUT2D eigenvalue weighted by Crippen LogP contribution is 2.16. The van der Waals surface area contributed by atoms with Crippen molar-refractivity contribution in [1.29, 1.82) is 0 Å². The van der Waals surface area contributed by atoms with Crippen molar-refractivity contribution in [2.75, 3.05) is 27.8 Å². The van der Waals surface area contributed by atoms with Crippen LogP contribution in [0.5, 0.6) is 11.5 Å². The van der Waals surface area contributed by atoms with Gasteiger partial charge in [-0.25, -0.2) is 0 Å². The molecule has 0 bridgehead atoms. The number of quaternary nitrogens is 1. The number of methoxy groups -OCH3 is 2. The summed E-state index contributed by atoms with van der Waals surface area (Å²) in [5, 5.41) is 2.95.